The molecule has 0 radical (unpaired) electrons. The van der Waals surface area contributed by atoms with Crippen molar-refractivity contribution in [2.24, 2.45) is 0 Å². The molecule has 0 bridgehead atoms. The summed E-state index contributed by atoms with van der Waals surface area (Å²) in [6.07, 6.45) is 0. The van der Waals surface area contributed by atoms with E-state index in [1.165, 1.54) is 12.1 Å². The van der Waals surface area contributed by atoms with Gasteiger partial charge in [-0.15, -0.1) is 0 Å². The average molecular weight is 301 g/mol. The lowest BCUT2D eigenvalue weighted by Gasteiger charge is -2.08. The Bertz CT molecular complexity index is 732. The molecule has 0 atom stereocenters. The number of benzene rings is 2. The first-order chi connectivity index (χ1) is 9.40. The maximum Gasteiger partial charge on any atom is 0.243 e. The first-order valence-electron chi connectivity index (χ1n) is 5.58. The van der Waals surface area contributed by atoms with Gasteiger partial charge in [0.1, 0.15) is 22.3 Å². The molecule has 2 aromatic rings. The van der Waals surface area contributed by atoms with Gasteiger partial charge in [-0.3, -0.25) is 0 Å². The van der Waals surface area contributed by atoms with Crippen molar-refractivity contribution in [3.05, 3.63) is 65.5 Å². The third-order valence-electron chi connectivity index (χ3n) is 2.59. The van der Waals surface area contributed by atoms with Crippen LogP contribution in [0.3, 0.4) is 0 Å². The number of halogens is 3. The van der Waals surface area contributed by atoms with E-state index in [-0.39, 0.29) is 5.56 Å². The molecule has 2 rings (SSSR count). The second-order valence-corrected chi connectivity index (χ2v) is 5.73. The average Bonchev–Trinajstić information content (AvgIpc) is 2.40. The Morgan fingerprint density at radius 1 is 0.950 bits per heavy atom. The van der Waals surface area contributed by atoms with Gasteiger partial charge in [0, 0.05) is 12.1 Å². The topological polar surface area (TPSA) is 46.2 Å². The molecule has 106 valence electrons. The van der Waals surface area contributed by atoms with Crippen molar-refractivity contribution in [2.75, 3.05) is 0 Å². The van der Waals surface area contributed by atoms with Crippen molar-refractivity contribution in [1.82, 2.24) is 4.72 Å². The second kappa shape index (κ2) is 5.64. The Morgan fingerprint density at radius 2 is 1.65 bits per heavy atom. The summed E-state index contributed by atoms with van der Waals surface area (Å²) in [5.41, 5.74) is -0.162. The van der Waals surface area contributed by atoms with Crippen molar-refractivity contribution in [3.63, 3.8) is 0 Å². The van der Waals surface area contributed by atoms with E-state index >= 15 is 0 Å². The Balaban J connectivity index is 2.22. The molecule has 0 aromatic heterocycles. The highest BCUT2D eigenvalue weighted by Gasteiger charge is 2.18. The standard InChI is InChI=1S/C13H10F3NO2S/c14-10-5-6-11(15)9(7-10)8-17-20(18,19)13-4-2-1-3-12(13)16/h1-7,17H,8H2. The molecule has 0 fully saturated rings. The predicted molar refractivity (Wildman–Crippen MR) is 66.8 cm³/mol. The third-order valence-corrected chi connectivity index (χ3v) is 4.02. The molecule has 0 saturated heterocycles. The highest BCUT2D eigenvalue weighted by atomic mass is 32.2. The van der Waals surface area contributed by atoms with Crippen molar-refractivity contribution >= 4 is 10.0 Å². The minimum absolute atomic E-state index is 0.162. The van der Waals surface area contributed by atoms with Gasteiger partial charge in [0.2, 0.25) is 10.0 Å². The Morgan fingerprint density at radius 3 is 2.35 bits per heavy atom. The molecule has 2 aromatic carbocycles. The van der Waals surface area contributed by atoms with E-state index in [1.54, 1.807) is 0 Å². The molecule has 3 nitrogen and oxygen atoms in total. The lowest BCUT2D eigenvalue weighted by Crippen LogP contribution is -2.24. The quantitative estimate of drug-likeness (QED) is 0.943. The summed E-state index contributed by atoms with van der Waals surface area (Å²) in [5, 5.41) is 0. The van der Waals surface area contributed by atoms with Gasteiger partial charge in [-0.25, -0.2) is 26.3 Å². The minimum atomic E-state index is -4.13. The molecular formula is C13H10F3NO2S. The normalized spacial score (nSPS) is 11.6. The van der Waals surface area contributed by atoms with E-state index in [9.17, 15) is 21.6 Å². The first kappa shape index (κ1) is 14.5. The van der Waals surface area contributed by atoms with Crippen LogP contribution in [0, 0.1) is 17.5 Å². The summed E-state index contributed by atoms with van der Waals surface area (Å²) < 4.78 is 65.4. The summed E-state index contributed by atoms with van der Waals surface area (Å²) in [6.45, 7) is -0.472. The number of hydrogen-bond acceptors (Lipinski definition) is 2. The van der Waals surface area contributed by atoms with Crippen molar-refractivity contribution in [2.45, 2.75) is 11.4 Å². The van der Waals surface area contributed by atoms with E-state index in [1.807, 2.05) is 4.72 Å². The maximum absolute atomic E-state index is 13.4. The fourth-order valence-electron chi connectivity index (χ4n) is 1.59. The third kappa shape index (κ3) is 3.17. The van der Waals surface area contributed by atoms with Crippen molar-refractivity contribution in [3.8, 4) is 0 Å². The number of nitrogens with one attached hydrogen (secondary N) is 1. The molecule has 0 aliphatic carbocycles. The van der Waals surface area contributed by atoms with Crippen LogP contribution >= 0.6 is 0 Å². The molecule has 20 heavy (non-hydrogen) atoms. The van der Waals surface area contributed by atoms with E-state index in [0.29, 0.717) is 0 Å². The van der Waals surface area contributed by atoms with Crippen LogP contribution in [0.5, 0.6) is 0 Å². The smallest absolute Gasteiger partial charge is 0.207 e. The van der Waals surface area contributed by atoms with Crippen LogP contribution < -0.4 is 4.72 Å². The van der Waals surface area contributed by atoms with Crippen LogP contribution in [0.25, 0.3) is 0 Å². The first-order valence-corrected chi connectivity index (χ1v) is 7.06. The largest absolute Gasteiger partial charge is 0.243 e. The molecule has 1 N–H and O–H groups in total. The zero-order chi connectivity index (χ0) is 14.8. The molecule has 0 unspecified atom stereocenters. The van der Waals surface area contributed by atoms with Crippen molar-refractivity contribution < 1.29 is 21.6 Å². The number of rotatable bonds is 4. The van der Waals surface area contributed by atoms with Gasteiger partial charge in [-0.1, -0.05) is 12.1 Å². The van der Waals surface area contributed by atoms with Gasteiger partial charge in [0.05, 0.1) is 0 Å². The van der Waals surface area contributed by atoms with Gasteiger partial charge in [0.25, 0.3) is 0 Å². The monoisotopic (exact) mass is 301 g/mol. The van der Waals surface area contributed by atoms with Crippen LogP contribution in [0.1, 0.15) is 5.56 Å². The summed E-state index contributed by atoms with van der Waals surface area (Å²) in [6, 6.07) is 7.48. The zero-order valence-corrected chi connectivity index (χ0v) is 10.9. The summed E-state index contributed by atoms with van der Waals surface area (Å²) in [7, 11) is -4.13. The minimum Gasteiger partial charge on any atom is -0.207 e. The SMILES string of the molecule is O=S(=O)(NCc1cc(F)ccc1F)c1ccccc1F. The van der Waals surface area contributed by atoms with Gasteiger partial charge in [0.15, 0.2) is 0 Å². The molecule has 0 saturated carbocycles. The highest BCUT2D eigenvalue weighted by molar-refractivity contribution is 7.89. The predicted octanol–water partition coefficient (Wildman–Crippen LogP) is 2.58. The van der Waals surface area contributed by atoms with Crippen LogP contribution in [0.15, 0.2) is 47.4 Å². The Labute approximate surface area is 114 Å². The fraction of sp³-hybridized carbons (Fsp3) is 0.0769. The van der Waals surface area contributed by atoms with Gasteiger partial charge in [-0.2, -0.15) is 0 Å². The molecule has 0 aliphatic heterocycles. The van der Waals surface area contributed by atoms with E-state index in [2.05, 4.69) is 0 Å². The second-order valence-electron chi connectivity index (χ2n) is 3.99. The molecule has 0 spiro atoms. The molecule has 0 amide bonds. The Hall–Kier alpha value is -1.86. The van der Waals surface area contributed by atoms with Gasteiger partial charge >= 0.3 is 0 Å². The van der Waals surface area contributed by atoms with Gasteiger partial charge in [-0.05, 0) is 30.3 Å². The summed E-state index contributed by atoms with van der Waals surface area (Å²) in [4.78, 5) is -0.545. The summed E-state index contributed by atoms with van der Waals surface area (Å²) >= 11 is 0. The molecular weight excluding hydrogens is 291 g/mol. The lowest BCUT2D eigenvalue weighted by molar-refractivity contribution is 0.551. The molecule has 0 aliphatic rings. The van der Waals surface area contributed by atoms with Gasteiger partial charge < -0.3 is 0 Å². The van der Waals surface area contributed by atoms with Crippen LogP contribution in [0.2, 0.25) is 0 Å². The number of hydrogen-bond donors (Lipinski definition) is 1. The summed E-state index contributed by atoms with van der Waals surface area (Å²) in [5.74, 6) is -2.35. The lowest BCUT2D eigenvalue weighted by atomic mass is 10.2. The van der Waals surface area contributed by atoms with E-state index in [4.69, 9.17) is 0 Å². The van der Waals surface area contributed by atoms with Crippen LogP contribution in [-0.4, -0.2) is 8.42 Å². The number of sulfonamides is 1. The van der Waals surface area contributed by atoms with Crippen molar-refractivity contribution in [1.29, 1.82) is 0 Å². The maximum atomic E-state index is 13.4. The Kier molecular flexibility index (Phi) is 4.10. The van der Waals surface area contributed by atoms with Crippen LogP contribution in [0.4, 0.5) is 13.2 Å². The fourth-order valence-corrected chi connectivity index (χ4v) is 2.68. The highest BCUT2D eigenvalue weighted by Crippen LogP contribution is 2.15. The van der Waals surface area contributed by atoms with E-state index < -0.39 is 38.9 Å². The molecule has 7 heteroatoms. The molecule has 0 heterocycles. The van der Waals surface area contributed by atoms with Crippen LogP contribution in [-0.2, 0) is 16.6 Å². The van der Waals surface area contributed by atoms with E-state index in [0.717, 1.165) is 30.3 Å². The zero-order valence-electron chi connectivity index (χ0n) is 10.1.